The third-order valence-corrected chi connectivity index (χ3v) is 5.71. The van der Waals surface area contributed by atoms with Crippen molar-refractivity contribution in [1.82, 2.24) is 34.3 Å². The maximum atomic E-state index is 14.2. The normalized spacial score (nSPS) is 17.2. The van der Waals surface area contributed by atoms with Crippen LogP contribution in [0.1, 0.15) is 38.4 Å². The maximum absolute atomic E-state index is 14.2. The van der Waals surface area contributed by atoms with Crippen molar-refractivity contribution in [2.45, 2.75) is 44.8 Å². The molecule has 11 nitrogen and oxygen atoms in total. The molecule has 3 aromatic heterocycles. The van der Waals surface area contributed by atoms with Crippen molar-refractivity contribution < 1.29 is 14.2 Å². The van der Waals surface area contributed by atoms with Crippen LogP contribution in [0.3, 0.4) is 0 Å². The number of piperidine rings is 1. The number of methoxy groups -OCH3 is 1. The molecule has 1 aliphatic heterocycles. The van der Waals surface area contributed by atoms with E-state index in [4.69, 9.17) is 15.5 Å². The molecule has 174 valence electrons. The van der Waals surface area contributed by atoms with Gasteiger partial charge in [-0.2, -0.15) is 4.52 Å². The van der Waals surface area contributed by atoms with Gasteiger partial charge in [0.25, 0.3) is 0 Å². The first-order chi connectivity index (χ1) is 15.7. The quantitative estimate of drug-likeness (QED) is 0.462. The molecule has 5 rings (SSSR count). The van der Waals surface area contributed by atoms with Gasteiger partial charge in [-0.15, -0.1) is 10.2 Å². The molecule has 33 heavy (non-hydrogen) atoms. The second-order valence-corrected chi connectivity index (χ2v) is 9.02. The van der Waals surface area contributed by atoms with Crippen LogP contribution in [0.25, 0.3) is 16.6 Å². The lowest BCUT2D eigenvalue weighted by atomic mass is 9.98. The zero-order valence-electron chi connectivity index (χ0n) is 18.7. The molecule has 1 aliphatic rings. The zero-order chi connectivity index (χ0) is 23.3. The number of nitrogen functional groups attached to an aromatic ring is 1. The highest BCUT2D eigenvalue weighted by Crippen LogP contribution is 2.32. The van der Waals surface area contributed by atoms with E-state index in [9.17, 15) is 9.50 Å². The monoisotopic (exact) mass is 455 g/mol. The van der Waals surface area contributed by atoms with E-state index in [1.165, 1.54) is 23.8 Å². The number of aromatic nitrogens is 7. The van der Waals surface area contributed by atoms with Crippen molar-refractivity contribution in [3.8, 4) is 5.75 Å². The van der Waals surface area contributed by atoms with Crippen LogP contribution in [0.5, 0.6) is 5.75 Å². The molecule has 0 saturated carbocycles. The number of hydrogen-bond donors (Lipinski definition) is 2. The standard InChI is InChI=1S/C21H26FN9O2/c1-21(2,32)10-30-11-24-20(28-30)29-6-4-5-12(9-29)17-26-18-14-7-13(22)8-15(33-3)16(14)25-19(23)31(18)27-17/h7-8,11-12,32H,4-6,9-10H2,1-3H3,(H2,23,25)/t12-/m1/s1. The van der Waals surface area contributed by atoms with Crippen molar-refractivity contribution in [3.05, 3.63) is 30.1 Å². The van der Waals surface area contributed by atoms with Crippen LogP contribution in [-0.2, 0) is 6.54 Å². The summed E-state index contributed by atoms with van der Waals surface area (Å²) in [5.74, 6) is 1.23. The fourth-order valence-electron chi connectivity index (χ4n) is 4.28. The summed E-state index contributed by atoms with van der Waals surface area (Å²) in [6, 6.07) is 2.63. The Morgan fingerprint density at radius 2 is 2.09 bits per heavy atom. The number of nitrogens with two attached hydrogens (primary N) is 1. The summed E-state index contributed by atoms with van der Waals surface area (Å²) < 4.78 is 22.6. The van der Waals surface area contributed by atoms with Gasteiger partial charge in [0.2, 0.25) is 11.9 Å². The van der Waals surface area contributed by atoms with E-state index >= 15 is 0 Å². The summed E-state index contributed by atoms with van der Waals surface area (Å²) in [7, 11) is 1.46. The Morgan fingerprint density at radius 3 is 2.85 bits per heavy atom. The zero-order valence-corrected chi connectivity index (χ0v) is 18.7. The predicted molar refractivity (Wildman–Crippen MR) is 120 cm³/mol. The van der Waals surface area contributed by atoms with E-state index in [1.54, 1.807) is 24.9 Å². The number of benzene rings is 1. The van der Waals surface area contributed by atoms with E-state index in [0.717, 1.165) is 19.4 Å². The Balaban J connectivity index is 1.47. The average molecular weight is 455 g/mol. The molecule has 1 atom stereocenters. The minimum absolute atomic E-state index is 0.0183. The van der Waals surface area contributed by atoms with Gasteiger partial charge in [-0.25, -0.2) is 24.0 Å². The molecule has 3 N–H and O–H groups in total. The number of fused-ring (bicyclic) bond motifs is 3. The fraction of sp³-hybridized carbons (Fsp3) is 0.476. The number of rotatable bonds is 5. The number of halogens is 1. The van der Waals surface area contributed by atoms with Crippen LogP contribution in [-0.4, -0.2) is 65.3 Å². The molecule has 0 bridgehead atoms. The van der Waals surface area contributed by atoms with Gasteiger partial charge < -0.3 is 20.5 Å². The summed E-state index contributed by atoms with van der Waals surface area (Å²) in [6.07, 6.45) is 3.43. The van der Waals surface area contributed by atoms with Crippen molar-refractivity contribution in [3.63, 3.8) is 0 Å². The second kappa shape index (κ2) is 7.80. The van der Waals surface area contributed by atoms with Gasteiger partial charge in [0, 0.05) is 25.1 Å². The third-order valence-electron chi connectivity index (χ3n) is 5.71. The highest BCUT2D eigenvalue weighted by Gasteiger charge is 2.28. The lowest BCUT2D eigenvalue weighted by Crippen LogP contribution is -2.35. The van der Waals surface area contributed by atoms with Gasteiger partial charge in [0.1, 0.15) is 23.4 Å². The lowest BCUT2D eigenvalue weighted by molar-refractivity contribution is 0.0577. The minimum Gasteiger partial charge on any atom is -0.494 e. The highest BCUT2D eigenvalue weighted by molar-refractivity contribution is 5.95. The Labute approximate surface area is 189 Å². The van der Waals surface area contributed by atoms with Gasteiger partial charge in [0.05, 0.1) is 24.6 Å². The molecular formula is C21H26FN9O2. The largest absolute Gasteiger partial charge is 0.494 e. The van der Waals surface area contributed by atoms with Crippen molar-refractivity contribution in [2.75, 3.05) is 30.8 Å². The van der Waals surface area contributed by atoms with E-state index in [-0.39, 0.29) is 11.9 Å². The molecule has 0 amide bonds. The SMILES string of the molecule is COc1cc(F)cc2c1nc(N)n1nc([C@@H]3CCCN(c4ncn(CC(C)(C)O)n4)C3)nc21. The minimum atomic E-state index is -0.880. The molecule has 0 radical (unpaired) electrons. The Bertz CT molecular complexity index is 1330. The highest BCUT2D eigenvalue weighted by atomic mass is 19.1. The Hall–Kier alpha value is -3.54. The molecule has 1 fully saturated rings. The number of ether oxygens (including phenoxy) is 1. The van der Waals surface area contributed by atoms with E-state index in [0.29, 0.717) is 47.2 Å². The smallest absolute Gasteiger partial charge is 0.244 e. The fourth-order valence-corrected chi connectivity index (χ4v) is 4.28. The summed E-state index contributed by atoms with van der Waals surface area (Å²) >= 11 is 0. The van der Waals surface area contributed by atoms with E-state index < -0.39 is 11.4 Å². The van der Waals surface area contributed by atoms with Gasteiger partial charge >= 0.3 is 0 Å². The Morgan fingerprint density at radius 1 is 1.27 bits per heavy atom. The summed E-state index contributed by atoms with van der Waals surface area (Å²) in [5, 5.41) is 19.6. The van der Waals surface area contributed by atoms with Crippen LogP contribution < -0.4 is 15.4 Å². The first-order valence-corrected chi connectivity index (χ1v) is 10.8. The van der Waals surface area contributed by atoms with Crippen molar-refractivity contribution >= 4 is 28.4 Å². The van der Waals surface area contributed by atoms with Crippen LogP contribution in [0.2, 0.25) is 0 Å². The lowest BCUT2D eigenvalue weighted by Gasteiger charge is -2.30. The molecule has 4 heterocycles. The molecule has 0 spiro atoms. The van der Waals surface area contributed by atoms with Gasteiger partial charge in [-0.05, 0) is 32.8 Å². The van der Waals surface area contributed by atoms with Gasteiger partial charge in [0.15, 0.2) is 11.5 Å². The maximum Gasteiger partial charge on any atom is 0.244 e. The first-order valence-electron chi connectivity index (χ1n) is 10.8. The van der Waals surface area contributed by atoms with Crippen LogP contribution in [0, 0.1) is 5.82 Å². The topological polar surface area (TPSA) is 133 Å². The molecule has 12 heteroatoms. The van der Waals surface area contributed by atoms with Crippen LogP contribution in [0.4, 0.5) is 16.3 Å². The number of nitrogens with zero attached hydrogens (tertiary/aromatic N) is 8. The van der Waals surface area contributed by atoms with Gasteiger partial charge in [-0.1, -0.05) is 0 Å². The number of hydrogen-bond acceptors (Lipinski definition) is 9. The number of anilines is 2. The molecule has 0 aliphatic carbocycles. The van der Waals surface area contributed by atoms with Crippen molar-refractivity contribution in [1.29, 1.82) is 0 Å². The van der Waals surface area contributed by atoms with Crippen molar-refractivity contribution in [2.24, 2.45) is 0 Å². The van der Waals surface area contributed by atoms with Gasteiger partial charge in [-0.3, -0.25) is 0 Å². The molecule has 0 unspecified atom stereocenters. The van der Waals surface area contributed by atoms with Crippen LogP contribution in [0.15, 0.2) is 18.5 Å². The van der Waals surface area contributed by atoms with E-state index in [2.05, 4.69) is 25.1 Å². The Kier molecular flexibility index (Phi) is 5.04. The first kappa shape index (κ1) is 21.3. The predicted octanol–water partition coefficient (Wildman–Crippen LogP) is 1.75. The third kappa shape index (κ3) is 4.01. The molecular weight excluding hydrogens is 429 g/mol. The molecule has 4 aromatic rings. The summed E-state index contributed by atoms with van der Waals surface area (Å²) in [6.45, 7) is 5.25. The summed E-state index contributed by atoms with van der Waals surface area (Å²) in [4.78, 5) is 15.6. The van der Waals surface area contributed by atoms with E-state index in [1.807, 2.05) is 0 Å². The second-order valence-electron chi connectivity index (χ2n) is 9.02. The number of aliphatic hydroxyl groups is 1. The molecule has 1 saturated heterocycles. The average Bonchev–Trinajstić information content (AvgIpc) is 3.41. The summed E-state index contributed by atoms with van der Waals surface area (Å²) in [5.41, 5.74) is 6.14. The van der Waals surface area contributed by atoms with Crippen LogP contribution >= 0.6 is 0 Å². The molecule has 1 aromatic carbocycles.